The van der Waals surface area contributed by atoms with Crippen molar-refractivity contribution in [2.75, 3.05) is 13.1 Å². The molecule has 0 aliphatic rings. The molecule has 1 atom stereocenters. The van der Waals surface area contributed by atoms with Gasteiger partial charge in [0.25, 0.3) is 5.91 Å². The van der Waals surface area contributed by atoms with Gasteiger partial charge in [-0.2, -0.15) is 0 Å². The van der Waals surface area contributed by atoms with Gasteiger partial charge in [0.2, 0.25) is 0 Å². The molecule has 0 unspecified atom stereocenters. The van der Waals surface area contributed by atoms with Crippen molar-refractivity contribution in [3.63, 3.8) is 0 Å². The molecule has 0 aromatic heterocycles. The molecule has 0 aliphatic heterocycles. The number of ether oxygens (including phenoxy) is 1. The summed E-state index contributed by atoms with van der Waals surface area (Å²) in [5, 5.41) is 0.958. The number of hydrogen-bond acceptors (Lipinski definition) is 2. The van der Waals surface area contributed by atoms with E-state index in [2.05, 4.69) is 27.7 Å². The molecule has 0 spiro atoms. The largest absolute Gasteiger partial charge is 0.479 e. The van der Waals surface area contributed by atoms with Crippen LogP contribution in [-0.2, 0) is 4.79 Å². The minimum Gasteiger partial charge on any atom is -0.479 e. The summed E-state index contributed by atoms with van der Waals surface area (Å²) in [6, 6.07) is 5.02. The molecule has 136 valence electrons. The zero-order chi connectivity index (χ0) is 18.3. The summed E-state index contributed by atoms with van der Waals surface area (Å²) in [6.07, 6.45) is 1.39. The highest BCUT2D eigenvalue weighted by molar-refractivity contribution is 6.35. The average molecular weight is 374 g/mol. The topological polar surface area (TPSA) is 29.5 Å². The molecule has 0 saturated carbocycles. The molecule has 1 rings (SSSR count). The quantitative estimate of drug-likeness (QED) is 0.556. The van der Waals surface area contributed by atoms with Crippen molar-refractivity contribution in [1.29, 1.82) is 0 Å². The fourth-order valence-electron chi connectivity index (χ4n) is 2.23. The Kier molecular flexibility index (Phi) is 8.93. The van der Waals surface area contributed by atoms with E-state index >= 15 is 0 Å². The molecule has 1 aromatic carbocycles. The summed E-state index contributed by atoms with van der Waals surface area (Å²) in [5.41, 5.74) is 0. The van der Waals surface area contributed by atoms with Gasteiger partial charge in [-0.05, 0) is 49.8 Å². The second-order valence-electron chi connectivity index (χ2n) is 7.03. The van der Waals surface area contributed by atoms with Gasteiger partial charge in [0.1, 0.15) is 5.75 Å². The number of hydrogen-bond donors (Lipinski definition) is 0. The van der Waals surface area contributed by atoms with Crippen LogP contribution < -0.4 is 4.74 Å². The third-order valence-corrected chi connectivity index (χ3v) is 4.34. The van der Waals surface area contributed by atoms with E-state index < -0.39 is 6.10 Å². The van der Waals surface area contributed by atoms with E-state index in [4.69, 9.17) is 27.9 Å². The van der Waals surface area contributed by atoms with Crippen molar-refractivity contribution < 1.29 is 9.53 Å². The monoisotopic (exact) mass is 373 g/mol. The second kappa shape index (κ2) is 10.1. The van der Waals surface area contributed by atoms with Crippen molar-refractivity contribution in [3.05, 3.63) is 28.2 Å². The van der Waals surface area contributed by atoms with Gasteiger partial charge in [0, 0.05) is 18.1 Å². The first-order valence-corrected chi connectivity index (χ1v) is 9.36. The van der Waals surface area contributed by atoms with Gasteiger partial charge in [-0.3, -0.25) is 4.79 Å². The predicted molar refractivity (Wildman–Crippen MR) is 102 cm³/mol. The highest BCUT2D eigenvalue weighted by atomic mass is 35.5. The van der Waals surface area contributed by atoms with Crippen LogP contribution in [0.25, 0.3) is 0 Å². The van der Waals surface area contributed by atoms with Gasteiger partial charge in [-0.25, -0.2) is 0 Å². The Balaban J connectivity index is 2.75. The maximum atomic E-state index is 12.8. The lowest BCUT2D eigenvalue weighted by Crippen LogP contribution is -2.42. The van der Waals surface area contributed by atoms with Gasteiger partial charge in [0.05, 0.1) is 5.02 Å². The minimum atomic E-state index is -0.581. The van der Waals surface area contributed by atoms with E-state index in [-0.39, 0.29) is 5.91 Å². The van der Waals surface area contributed by atoms with E-state index in [0.29, 0.717) is 27.6 Å². The first-order chi connectivity index (χ1) is 11.2. The molecule has 1 amide bonds. The zero-order valence-corrected chi connectivity index (χ0v) is 16.8. The summed E-state index contributed by atoms with van der Waals surface area (Å²) >= 11 is 12.0. The van der Waals surface area contributed by atoms with Crippen LogP contribution >= 0.6 is 23.2 Å². The molecule has 0 aliphatic carbocycles. The Labute approximate surface area is 156 Å². The maximum absolute atomic E-state index is 12.8. The van der Waals surface area contributed by atoms with Crippen LogP contribution in [0.2, 0.25) is 10.0 Å². The Bertz CT molecular complexity index is 520. The Morgan fingerprint density at radius 1 is 1.04 bits per heavy atom. The number of benzene rings is 1. The molecule has 5 heteroatoms. The van der Waals surface area contributed by atoms with E-state index in [1.54, 1.807) is 25.1 Å². The van der Waals surface area contributed by atoms with Crippen molar-refractivity contribution in [3.8, 4) is 5.75 Å². The van der Waals surface area contributed by atoms with Crippen LogP contribution in [0.4, 0.5) is 0 Å². The molecule has 0 radical (unpaired) electrons. The molecule has 0 heterocycles. The fraction of sp³-hybridized carbons (Fsp3) is 0.632. The minimum absolute atomic E-state index is 0.00215. The summed E-state index contributed by atoms with van der Waals surface area (Å²) < 4.78 is 5.77. The van der Waals surface area contributed by atoms with Crippen LogP contribution in [0.15, 0.2) is 18.2 Å². The fourth-order valence-corrected chi connectivity index (χ4v) is 2.68. The van der Waals surface area contributed by atoms with E-state index in [1.807, 2.05) is 4.90 Å². The lowest BCUT2D eigenvalue weighted by molar-refractivity contribution is -0.138. The summed E-state index contributed by atoms with van der Waals surface area (Å²) in [6.45, 7) is 11.9. The van der Waals surface area contributed by atoms with Crippen LogP contribution in [0.3, 0.4) is 0 Å². The third-order valence-electron chi connectivity index (χ3n) is 3.81. The van der Waals surface area contributed by atoms with E-state index in [0.717, 1.165) is 25.9 Å². The second-order valence-corrected chi connectivity index (χ2v) is 7.87. The standard InChI is InChI=1S/C19H29Cl2NO2/c1-13(2)8-10-22(11-9-14(3)4)19(23)15(5)24-18-7-6-16(20)12-17(18)21/h6-7,12-15H,8-11H2,1-5H3/t15-/m1/s1. The molecule has 24 heavy (non-hydrogen) atoms. The maximum Gasteiger partial charge on any atom is 0.263 e. The third kappa shape index (κ3) is 7.31. The van der Waals surface area contributed by atoms with Crippen molar-refractivity contribution in [2.45, 2.75) is 53.6 Å². The van der Waals surface area contributed by atoms with Crippen LogP contribution in [0.5, 0.6) is 5.75 Å². The van der Waals surface area contributed by atoms with Gasteiger partial charge in [-0.1, -0.05) is 50.9 Å². The normalized spacial score (nSPS) is 12.5. The number of nitrogens with zero attached hydrogens (tertiary/aromatic N) is 1. The van der Waals surface area contributed by atoms with Gasteiger partial charge >= 0.3 is 0 Å². The summed E-state index contributed by atoms with van der Waals surface area (Å²) in [5.74, 6) is 1.60. The highest BCUT2D eigenvalue weighted by Crippen LogP contribution is 2.28. The first-order valence-electron chi connectivity index (χ1n) is 8.61. The Hall–Kier alpha value is -0.930. The van der Waals surface area contributed by atoms with E-state index in [9.17, 15) is 4.79 Å². The average Bonchev–Trinajstić information content (AvgIpc) is 2.49. The number of carbonyl (C=O) groups excluding carboxylic acids is 1. The SMILES string of the molecule is CC(C)CCN(CCC(C)C)C(=O)[C@@H](C)Oc1ccc(Cl)cc1Cl. The lowest BCUT2D eigenvalue weighted by atomic mass is 10.1. The van der Waals surface area contributed by atoms with Crippen molar-refractivity contribution in [1.82, 2.24) is 4.90 Å². The highest BCUT2D eigenvalue weighted by Gasteiger charge is 2.23. The van der Waals surface area contributed by atoms with Crippen LogP contribution in [0, 0.1) is 11.8 Å². The van der Waals surface area contributed by atoms with Gasteiger partial charge < -0.3 is 9.64 Å². The van der Waals surface area contributed by atoms with Crippen LogP contribution in [-0.4, -0.2) is 30.0 Å². The molecular formula is C19H29Cl2NO2. The summed E-state index contributed by atoms with van der Waals surface area (Å²) in [7, 11) is 0. The van der Waals surface area contributed by atoms with Crippen molar-refractivity contribution >= 4 is 29.1 Å². The van der Waals surface area contributed by atoms with Gasteiger partial charge in [-0.15, -0.1) is 0 Å². The first kappa shape index (κ1) is 21.1. The molecule has 1 aromatic rings. The number of carbonyl (C=O) groups is 1. The molecule has 0 saturated heterocycles. The number of rotatable bonds is 9. The van der Waals surface area contributed by atoms with Crippen LogP contribution in [0.1, 0.15) is 47.5 Å². The Morgan fingerprint density at radius 3 is 2.04 bits per heavy atom. The molecule has 0 bridgehead atoms. The van der Waals surface area contributed by atoms with E-state index in [1.165, 1.54) is 0 Å². The number of amides is 1. The zero-order valence-electron chi connectivity index (χ0n) is 15.3. The molecule has 3 nitrogen and oxygen atoms in total. The smallest absolute Gasteiger partial charge is 0.263 e. The molecule has 0 N–H and O–H groups in total. The number of halogens is 2. The van der Waals surface area contributed by atoms with Crippen molar-refractivity contribution in [2.24, 2.45) is 11.8 Å². The van der Waals surface area contributed by atoms with Gasteiger partial charge in [0.15, 0.2) is 6.10 Å². The molecular weight excluding hydrogens is 345 g/mol. The molecule has 0 fully saturated rings. The predicted octanol–water partition coefficient (Wildman–Crippen LogP) is 5.68. The summed E-state index contributed by atoms with van der Waals surface area (Å²) in [4.78, 5) is 14.7. The Morgan fingerprint density at radius 2 is 1.58 bits per heavy atom. The lowest BCUT2D eigenvalue weighted by Gasteiger charge is -2.27.